The summed E-state index contributed by atoms with van der Waals surface area (Å²) in [6.45, 7) is 0.772. The third-order valence-corrected chi connectivity index (χ3v) is 5.33. The Morgan fingerprint density at radius 3 is 2.70 bits per heavy atom. The summed E-state index contributed by atoms with van der Waals surface area (Å²) in [6.07, 6.45) is 5.36. The molecular weight excluding hydrogens is 295 g/mol. The molecule has 2 N–H and O–H groups in total. The molecule has 5 heteroatoms. The van der Waals surface area contributed by atoms with Crippen molar-refractivity contribution >= 4 is 34.9 Å². The fraction of sp³-hybridized carbons (Fsp3) is 0.533. The van der Waals surface area contributed by atoms with Gasteiger partial charge in [0.15, 0.2) is 0 Å². The zero-order chi connectivity index (χ0) is 14.1. The lowest BCUT2D eigenvalue weighted by Gasteiger charge is -2.21. The van der Waals surface area contributed by atoms with E-state index < -0.39 is 0 Å². The molecule has 2 fully saturated rings. The van der Waals surface area contributed by atoms with Gasteiger partial charge >= 0.3 is 6.03 Å². The maximum absolute atomic E-state index is 11.9. The highest BCUT2D eigenvalue weighted by atomic mass is 35.5. The van der Waals surface area contributed by atoms with Crippen LogP contribution in [0.15, 0.2) is 18.2 Å². The fourth-order valence-electron chi connectivity index (χ4n) is 3.60. The van der Waals surface area contributed by atoms with Crippen molar-refractivity contribution in [3.05, 3.63) is 28.2 Å². The molecule has 2 aliphatic rings. The monoisotopic (exact) mass is 312 g/mol. The molecule has 108 valence electrons. The number of hydrogen-bond acceptors (Lipinski definition) is 1. The summed E-state index contributed by atoms with van der Waals surface area (Å²) in [5.41, 5.74) is 0.657. The maximum atomic E-state index is 11.9. The Labute approximate surface area is 129 Å². The van der Waals surface area contributed by atoms with Crippen LogP contribution in [-0.2, 0) is 0 Å². The van der Waals surface area contributed by atoms with Crippen molar-refractivity contribution in [3.63, 3.8) is 0 Å². The zero-order valence-corrected chi connectivity index (χ0v) is 12.7. The Bertz CT molecular complexity index is 521. The van der Waals surface area contributed by atoms with E-state index in [1.807, 2.05) is 0 Å². The molecule has 20 heavy (non-hydrogen) atoms. The molecule has 2 saturated carbocycles. The largest absolute Gasteiger partial charge is 0.338 e. The van der Waals surface area contributed by atoms with Gasteiger partial charge in [0.1, 0.15) is 0 Å². The van der Waals surface area contributed by atoms with Gasteiger partial charge in [0.25, 0.3) is 0 Å². The van der Waals surface area contributed by atoms with Gasteiger partial charge in [0.05, 0.1) is 10.0 Å². The molecule has 0 radical (unpaired) electrons. The van der Waals surface area contributed by atoms with Crippen molar-refractivity contribution in [1.29, 1.82) is 0 Å². The normalized spacial score (nSPS) is 27.6. The molecular formula is C15H18Cl2N2O. The van der Waals surface area contributed by atoms with Crippen LogP contribution in [0.2, 0.25) is 10.0 Å². The van der Waals surface area contributed by atoms with Crippen LogP contribution in [-0.4, -0.2) is 12.6 Å². The summed E-state index contributed by atoms with van der Waals surface area (Å²) < 4.78 is 0. The molecule has 3 rings (SSSR count). The molecule has 0 unspecified atom stereocenters. The number of nitrogens with one attached hydrogen (secondary N) is 2. The van der Waals surface area contributed by atoms with Crippen molar-refractivity contribution in [1.82, 2.24) is 5.32 Å². The standard InChI is InChI=1S/C15H18Cl2N2O/c16-13-4-3-12(7-14(13)17)19-15(20)18-8-11-6-9-1-2-10(11)5-9/h3-4,7,9-11H,1-2,5-6,8H2,(H2,18,19,20)/t9-,10+,11-/m0/s1. The minimum absolute atomic E-state index is 0.175. The molecule has 2 bridgehead atoms. The molecule has 0 saturated heterocycles. The number of urea groups is 1. The average molecular weight is 313 g/mol. The second-order valence-electron chi connectivity index (χ2n) is 5.90. The summed E-state index contributed by atoms with van der Waals surface area (Å²) in [4.78, 5) is 11.9. The molecule has 0 heterocycles. The first kappa shape index (κ1) is 14.0. The molecule has 0 aromatic heterocycles. The predicted octanol–water partition coefficient (Wildman–Crippen LogP) is 4.55. The number of halogens is 2. The SMILES string of the molecule is O=C(NC[C@@H]1C[C@H]2CC[C@@H]1C2)Nc1ccc(Cl)c(Cl)c1. The van der Waals surface area contributed by atoms with Crippen molar-refractivity contribution in [2.75, 3.05) is 11.9 Å². The first-order chi connectivity index (χ1) is 9.61. The number of fused-ring (bicyclic) bond motifs is 2. The second kappa shape index (κ2) is 5.82. The molecule has 1 aromatic carbocycles. The second-order valence-corrected chi connectivity index (χ2v) is 6.71. The number of rotatable bonds is 3. The Morgan fingerprint density at radius 2 is 2.05 bits per heavy atom. The van der Waals surface area contributed by atoms with Crippen molar-refractivity contribution in [2.24, 2.45) is 17.8 Å². The van der Waals surface area contributed by atoms with Crippen LogP contribution >= 0.6 is 23.2 Å². The maximum Gasteiger partial charge on any atom is 0.319 e. The number of anilines is 1. The summed E-state index contributed by atoms with van der Waals surface area (Å²) in [7, 11) is 0. The Morgan fingerprint density at radius 1 is 1.20 bits per heavy atom. The van der Waals surface area contributed by atoms with Gasteiger partial charge in [-0.25, -0.2) is 4.79 Å². The molecule has 0 aliphatic heterocycles. The molecule has 2 amide bonds. The quantitative estimate of drug-likeness (QED) is 0.844. The summed E-state index contributed by atoms with van der Waals surface area (Å²) in [6, 6.07) is 4.90. The van der Waals surface area contributed by atoms with Gasteiger partial charge in [-0.2, -0.15) is 0 Å². The van der Waals surface area contributed by atoms with E-state index in [9.17, 15) is 4.79 Å². The Hall–Kier alpha value is -0.930. The Kier molecular flexibility index (Phi) is 4.08. The topological polar surface area (TPSA) is 41.1 Å². The molecule has 3 nitrogen and oxygen atoms in total. The van der Waals surface area contributed by atoms with Crippen LogP contribution in [0.4, 0.5) is 10.5 Å². The van der Waals surface area contributed by atoms with Gasteiger partial charge in [0.2, 0.25) is 0 Å². The third-order valence-electron chi connectivity index (χ3n) is 4.59. The van der Waals surface area contributed by atoms with Gasteiger partial charge in [-0.15, -0.1) is 0 Å². The molecule has 0 spiro atoms. The van der Waals surface area contributed by atoms with E-state index in [0.29, 0.717) is 21.7 Å². The fourth-order valence-corrected chi connectivity index (χ4v) is 3.90. The van der Waals surface area contributed by atoms with Crippen LogP contribution < -0.4 is 10.6 Å². The molecule has 2 aliphatic carbocycles. The highest BCUT2D eigenvalue weighted by Crippen LogP contribution is 2.47. The van der Waals surface area contributed by atoms with Gasteiger partial charge in [-0.3, -0.25) is 0 Å². The van der Waals surface area contributed by atoms with Gasteiger partial charge < -0.3 is 10.6 Å². The van der Waals surface area contributed by atoms with Gasteiger partial charge in [0, 0.05) is 12.2 Å². The highest BCUT2D eigenvalue weighted by molar-refractivity contribution is 6.42. The number of benzene rings is 1. The van der Waals surface area contributed by atoms with Gasteiger partial charge in [-0.05, 0) is 55.2 Å². The van der Waals surface area contributed by atoms with E-state index in [2.05, 4.69) is 10.6 Å². The minimum atomic E-state index is -0.175. The molecule has 3 atom stereocenters. The zero-order valence-electron chi connectivity index (χ0n) is 11.2. The molecule has 1 aromatic rings. The number of amides is 2. The first-order valence-corrected chi connectivity index (χ1v) is 7.87. The van der Waals surface area contributed by atoms with Crippen molar-refractivity contribution < 1.29 is 4.79 Å². The van der Waals surface area contributed by atoms with Crippen LogP contribution in [0.5, 0.6) is 0 Å². The lowest BCUT2D eigenvalue weighted by atomic mass is 9.89. The summed E-state index contributed by atoms with van der Waals surface area (Å²) >= 11 is 11.8. The van der Waals surface area contributed by atoms with E-state index in [-0.39, 0.29) is 6.03 Å². The van der Waals surface area contributed by atoms with Crippen molar-refractivity contribution in [3.8, 4) is 0 Å². The Balaban J connectivity index is 1.48. The van der Waals surface area contributed by atoms with E-state index in [0.717, 1.165) is 18.4 Å². The van der Waals surface area contributed by atoms with Crippen LogP contribution in [0.1, 0.15) is 25.7 Å². The summed E-state index contributed by atoms with van der Waals surface area (Å²) in [5.74, 6) is 2.39. The lowest BCUT2D eigenvalue weighted by molar-refractivity contribution is 0.245. The first-order valence-electron chi connectivity index (χ1n) is 7.11. The smallest absolute Gasteiger partial charge is 0.319 e. The van der Waals surface area contributed by atoms with Crippen molar-refractivity contribution in [2.45, 2.75) is 25.7 Å². The number of carbonyl (C=O) groups excluding carboxylic acids is 1. The average Bonchev–Trinajstić information content (AvgIpc) is 3.03. The predicted molar refractivity (Wildman–Crippen MR) is 82.4 cm³/mol. The van der Waals surface area contributed by atoms with E-state index in [1.165, 1.54) is 25.7 Å². The van der Waals surface area contributed by atoms with E-state index in [4.69, 9.17) is 23.2 Å². The number of carbonyl (C=O) groups is 1. The van der Waals surface area contributed by atoms with Gasteiger partial charge in [-0.1, -0.05) is 29.6 Å². The lowest BCUT2D eigenvalue weighted by Crippen LogP contribution is -2.34. The van der Waals surface area contributed by atoms with Crippen LogP contribution in [0, 0.1) is 17.8 Å². The van der Waals surface area contributed by atoms with Crippen LogP contribution in [0.25, 0.3) is 0 Å². The highest BCUT2D eigenvalue weighted by Gasteiger charge is 2.39. The van der Waals surface area contributed by atoms with E-state index in [1.54, 1.807) is 18.2 Å². The third kappa shape index (κ3) is 3.04. The van der Waals surface area contributed by atoms with Crippen LogP contribution in [0.3, 0.4) is 0 Å². The van der Waals surface area contributed by atoms with E-state index >= 15 is 0 Å². The number of hydrogen-bond donors (Lipinski definition) is 2. The minimum Gasteiger partial charge on any atom is -0.338 e. The summed E-state index contributed by atoms with van der Waals surface area (Å²) in [5, 5.41) is 6.68.